The van der Waals surface area contributed by atoms with Crippen molar-refractivity contribution in [3.05, 3.63) is 96.6 Å². The first-order chi connectivity index (χ1) is 17.8. The van der Waals surface area contributed by atoms with Crippen LogP contribution in [-0.2, 0) is 18.6 Å². The van der Waals surface area contributed by atoms with E-state index in [1.54, 1.807) is 0 Å². The maximum Gasteiger partial charge on any atom is 0.261 e. The zero-order valence-electron chi connectivity index (χ0n) is 21.8. The summed E-state index contributed by atoms with van der Waals surface area (Å²) >= 11 is 1.49. The molecule has 6 atom stereocenters. The molecule has 7 heteroatoms. The van der Waals surface area contributed by atoms with Crippen LogP contribution in [0.5, 0.6) is 0 Å². The van der Waals surface area contributed by atoms with Gasteiger partial charge in [0.15, 0.2) is 6.29 Å². The van der Waals surface area contributed by atoms with Crippen LogP contribution in [0.1, 0.15) is 32.6 Å². The monoisotopic (exact) mass is 536 g/mol. The summed E-state index contributed by atoms with van der Waals surface area (Å²) in [6.45, 7) is 7.10. The van der Waals surface area contributed by atoms with Gasteiger partial charge in [-0.15, -0.1) is 11.8 Å². The molecule has 0 aliphatic carbocycles. The molecule has 3 unspecified atom stereocenters. The second kappa shape index (κ2) is 11.0. The Morgan fingerprint density at radius 2 is 1.38 bits per heavy atom. The average Bonchev–Trinajstić information content (AvgIpc) is 2.93. The Balaban J connectivity index is 1.60. The Hall–Kier alpha value is -1.97. The van der Waals surface area contributed by atoms with Crippen LogP contribution in [0.3, 0.4) is 0 Å². The minimum Gasteiger partial charge on any atom is -0.399 e. The predicted molar refractivity (Wildman–Crippen MR) is 151 cm³/mol. The normalized spacial score (nSPS) is 28.5. The van der Waals surface area contributed by atoms with Crippen molar-refractivity contribution in [2.45, 2.75) is 62.0 Å². The van der Waals surface area contributed by atoms with Gasteiger partial charge in [0, 0.05) is 5.56 Å². The molecule has 0 radical (unpaired) electrons. The molecule has 2 saturated heterocycles. The number of aliphatic hydroxyl groups is 1. The van der Waals surface area contributed by atoms with Crippen LogP contribution in [0.25, 0.3) is 0 Å². The second-order valence-corrected chi connectivity index (χ2v) is 15.9. The van der Waals surface area contributed by atoms with Gasteiger partial charge in [-0.3, -0.25) is 0 Å². The van der Waals surface area contributed by atoms with Gasteiger partial charge in [-0.25, -0.2) is 0 Å². The first kappa shape index (κ1) is 26.6. The molecule has 2 fully saturated rings. The van der Waals surface area contributed by atoms with Gasteiger partial charge >= 0.3 is 0 Å². The summed E-state index contributed by atoms with van der Waals surface area (Å²) in [6.07, 6.45) is -0.895. The smallest absolute Gasteiger partial charge is 0.261 e. The highest BCUT2D eigenvalue weighted by atomic mass is 32.2. The lowest BCUT2D eigenvalue weighted by atomic mass is 9.99. The molecule has 37 heavy (non-hydrogen) atoms. The summed E-state index contributed by atoms with van der Waals surface area (Å²) < 4.78 is 26.4. The number of benzene rings is 3. The van der Waals surface area contributed by atoms with Crippen LogP contribution in [0.4, 0.5) is 0 Å². The number of hydrogen-bond donors (Lipinski definition) is 1. The third-order valence-electron chi connectivity index (χ3n) is 7.34. The van der Waals surface area contributed by atoms with Gasteiger partial charge in [0.05, 0.1) is 6.61 Å². The van der Waals surface area contributed by atoms with E-state index >= 15 is 0 Å². The Labute approximate surface area is 225 Å². The van der Waals surface area contributed by atoms with E-state index in [2.05, 4.69) is 69.3 Å². The molecular weight excluding hydrogens is 500 g/mol. The van der Waals surface area contributed by atoms with Crippen molar-refractivity contribution in [2.75, 3.05) is 12.9 Å². The minimum atomic E-state index is -2.94. The molecule has 0 bridgehead atoms. The van der Waals surface area contributed by atoms with Crippen molar-refractivity contribution in [1.82, 2.24) is 0 Å². The van der Waals surface area contributed by atoms with Crippen LogP contribution in [0.2, 0.25) is 5.04 Å². The van der Waals surface area contributed by atoms with E-state index in [0.29, 0.717) is 6.61 Å². The maximum atomic E-state index is 11.7. The largest absolute Gasteiger partial charge is 0.399 e. The summed E-state index contributed by atoms with van der Waals surface area (Å²) in [6, 6.07) is 30.9. The van der Waals surface area contributed by atoms with Crippen LogP contribution in [-0.4, -0.2) is 56.1 Å². The molecule has 0 spiro atoms. The molecule has 3 aromatic rings. The number of rotatable bonds is 6. The molecule has 0 aromatic heterocycles. The zero-order valence-corrected chi connectivity index (χ0v) is 23.6. The Morgan fingerprint density at radius 1 is 0.838 bits per heavy atom. The molecule has 1 N–H and O–H groups in total. The van der Waals surface area contributed by atoms with E-state index in [1.165, 1.54) is 11.8 Å². The highest BCUT2D eigenvalue weighted by Crippen LogP contribution is 2.43. The van der Waals surface area contributed by atoms with E-state index in [-0.39, 0.29) is 11.1 Å². The van der Waals surface area contributed by atoms with Gasteiger partial charge in [-0.2, -0.15) is 0 Å². The quantitative estimate of drug-likeness (QED) is 0.469. The summed E-state index contributed by atoms with van der Waals surface area (Å²) in [5.74, 6) is 0. The number of thioether (sulfide) groups is 1. The topological polar surface area (TPSA) is 57.2 Å². The fourth-order valence-corrected chi connectivity index (χ4v) is 11.0. The SMILES string of the molecule is CS[C@@H]1OC2COC(c3ccccc3)O[C@@H]2[C@H](O[Si](c2ccccc2)(c2ccccc2)C(C)(C)C)C1O. The summed E-state index contributed by atoms with van der Waals surface area (Å²) in [4.78, 5) is 0. The van der Waals surface area contributed by atoms with Crippen LogP contribution < -0.4 is 10.4 Å². The minimum absolute atomic E-state index is 0.234. The van der Waals surface area contributed by atoms with Crippen molar-refractivity contribution in [3.63, 3.8) is 0 Å². The highest BCUT2D eigenvalue weighted by Gasteiger charge is 2.57. The summed E-state index contributed by atoms with van der Waals surface area (Å²) in [7, 11) is -2.94. The van der Waals surface area contributed by atoms with Crippen molar-refractivity contribution in [2.24, 2.45) is 0 Å². The van der Waals surface area contributed by atoms with E-state index < -0.39 is 38.4 Å². The average molecular weight is 537 g/mol. The third kappa shape index (κ3) is 5.06. The van der Waals surface area contributed by atoms with Crippen molar-refractivity contribution >= 4 is 30.5 Å². The van der Waals surface area contributed by atoms with E-state index in [1.807, 2.05) is 48.7 Å². The highest BCUT2D eigenvalue weighted by molar-refractivity contribution is 7.99. The molecule has 2 heterocycles. The number of aliphatic hydroxyl groups excluding tert-OH is 1. The molecule has 0 saturated carbocycles. The lowest BCUT2D eigenvalue weighted by Crippen LogP contribution is -2.72. The maximum absolute atomic E-state index is 11.7. The third-order valence-corrected chi connectivity index (χ3v) is 13.2. The molecule has 196 valence electrons. The van der Waals surface area contributed by atoms with Gasteiger partial charge in [0.2, 0.25) is 0 Å². The van der Waals surface area contributed by atoms with Crippen LogP contribution in [0, 0.1) is 0 Å². The Bertz CT molecular complexity index is 1100. The number of ether oxygens (including phenoxy) is 3. The van der Waals surface area contributed by atoms with Crippen LogP contribution >= 0.6 is 11.8 Å². The van der Waals surface area contributed by atoms with Crippen molar-refractivity contribution in [3.8, 4) is 0 Å². The fourth-order valence-electron chi connectivity index (χ4n) is 5.57. The second-order valence-electron chi connectivity index (χ2n) is 10.7. The van der Waals surface area contributed by atoms with E-state index in [0.717, 1.165) is 15.9 Å². The molecule has 0 amide bonds. The van der Waals surface area contributed by atoms with Crippen molar-refractivity contribution in [1.29, 1.82) is 0 Å². The lowest BCUT2D eigenvalue weighted by Gasteiger charge is -2.52. The molecule has 2 aliphatic rings. The molecule has 5 rings (SSSR count). The predicted octanol–water partition coefficient (Wildman–Crippen LogP) is 4.49. The number of fused-ring (bicyclic) bond motifs is 1. The van der Waals surface area contributed by atoms with Gasteiger partial charge in [-0.05, 0) is 21.7 Å². The summed E-state index contributed by atoms with van der Waals surface area (Å²) in [5, 5.41) is 13.8. The molecule has 3 aromatic carbocycles. The zero-order chi connectivity index (χ0) is 26.0. The number of hydrogen-bond acceptors (Lipinski definition) is 6. The van der Waals surface area contributed by atoms with Gasteiger partial charge in [0.1, 0.15) is 29.9 Å². The van der Waals surface area contributed by atoms with E-state index in [4.69, 9.17) is 18.6 Å². The molecular formula is C30H36O5SSi. The standard InChI is InChI=1S/C30H36O5SSi/c1-30(2,3)37(22-16-10-6-11-17-22,23-18-12-7-13-19-23)35-27-25(31)29(36-4)33-24-20-32-28(34-26(24)27)21-14-8-5-9-15-21/h5-19,24-29,31H,20H2,1-4H3/t24?,25?,26-,27+,28?,29-/m0/s1. The molecule has 5 nitrogen and oxygen atoms in total. The summed E-state index contributed by atoms with van der Waals surface area (Å²) in [5.41, 5.74) is 0.497. The molecule has 2 aliphatic heterocycles. The van der Waals surface area contributed by atoms with Gasteiger partial charge in [-0.1, -0.05) is 112 Å². The van der Waals surface area contributed by atoms with E-state index in [9.17, 15) is 5.11 Å². The first-order valence-electron chi connectivity index (χ1n) is 12.8. The fraction of sp³-hybridized carbons (Fsp3) is 0.400. The van der Waals surface area contributed by atoms with Crippen LogP contribution in [0.15, 0.2) is 91.0 Å². The van der Waals surface area contributed by atoms with Crippen molar-refractivity contribution < 1.29 is 23.7 Å². The Kier molecular flexibility index (Phi) is 7.93. The lowest BCUT2D eigenvalue weighted by molar-refractivity contribution is -0.315. The first-order valence-corrected chi connectivity index (χ1v) is 16.0. The van der Waals surface area contributed by atoms with Gasteiger partial charge < -0.3 is 23.7 Å². The van der Waals surface area contributed by atoms with Gasteiger partial charge in [0.25, 0.3) is 8.32 Å². The Morgan fingerprint density at radius 3 is 1.89 bits per heavy atom.